The molecule has 2 amide bonds. The number of carbonyl (C=O) groups excluding carboxylic acids is 2. The Morgan fingerprint density at radius 3 is 2.44 bits per heavy atom. The molecule has 32 heavy (non-hydrogen) atoms. The minimum atomic E-state index is -0.587. The standard InChI is InChI=1S/C26H33BrN2O3/c1-18-9-14-24(19(2)15-18)32-17-25(30)29(16-21-10-12-22(27)13-11-21)20(3)26(31)28-23-7-5-4-6-8-23/h9-15,20,23H,4-8,16-17H2,1-3H3,(H,28,31)/t20-/m0/s1. The minimum absolute atomic E-state index is 0.103. The molecule has 3 rings (SSSR count). The van der Waals surface area contributed by atoms with Crippen LogP contribution in [0.5, 0.6) is 5.75 Å². The van der Waals surface area contributed by atoms with Gasteiger partial charge in [0.1, 0.15) is 11.8 Å². The van der Waals surface area contributed by atoms with E-state index in [1.807, 2.05) is 56.3 Å². The zero-order chi connectivity index (χ0) is 23.1. The van der Waals surface area contributed by atoms with E-state index in [0.29, 0.717) is 12.3 Å². The van der Waals surface area contributed by atoms with Crippen molar-refractivity contribution in [2.24, 2.45) is 0 Å². The van der Waals surface area contributed by atoms with Crippen molar-refractivity contribution in [3.8, 4) is 5.75 Å². The van der Waals surface area contributed by atoms with E-state index in [1.54, 1.807) is 11.8 Å². The van der Waals surface area contributed by atoms with E-state index < -0.39 is 6.04 Å². The summed E-state index contributed by atoms with van der Waals surface area (Å²) in [7, 11) is 0. The van der Waals surface area contributed by atoms with Gasteiger partial charge < -0.3 is 15.0 Å². The highest BCUT2D eigenvalue weighted by Gasteiger charge is 2.28. The van der Waals surface area contributed by atoms with Crippen LogP contribution in [0, 0.1) is 13.8 Å². The maximum Gasteiger partial charge on any atom is 0.261 e. The van der Waals surface area contributed by atoms with E-state index >= 15 is 0 Å². The highest BCUT2D eigenvalue weighted by Crippen LogP contribution is 2.21. The summed E-state index contributed by atoms with van der Waals surface area (Å²) >= 11 is 3.45. The van der Waals surface area contributed by atoms with Crippen molar-refractivity contribution in [3.05, 3.63) is 63.6 Å². The van der Waals surface area contributed by atoms with Gasteiger partial charge in [-0.15, -0.1) is 0 Å². The van der Waals surface area contributed by atoms with Gasteiger partial charge in [0.05, 0.1) is 0 Å². The third-order valence-electron chi connectivity index (χ3n) is 6.07. The van der Waals surface area contributed by atoms with Crippen LogP contribution in [0.3, 0.4) is 0 Å². The van der Waals surface area contributed by atoms with Crippen LogP contribution in [0.2, 0.25) is 0 Å². The predicted octanol–water partition coefficient (Wildman–Crippen LogP) is 5.31. The number of nitrogens with zero attached hydrogens (tertiary/aromatic N) is 1. The van der Waals surface area contributed by atoms with E-state index in [2.05, 4.69) is 21.2 Å². The van der Waals surface area contributed by atoms with Gasteiger partial charge in [0, 0.05) is 17.1 Å². The molecule has 2 aromatic carbocycles. The Morgan fingerprint density at radius 1 is 1.09 bits per heavy atom. The van der Waals surface area contributed by atoms with Gasteiger partial charge in [0.25, 0.3) is 5.91 Å². The average molecular weight is 501 g/mol. The van der Waals surface area contributed by atoms with Crippen LogP contribution < -0.4 is 10.1 Å². The molecule has 0 heterocycles. The summed E-state index contributed by atoms with van der Waals surface area (Å²) in [6.07, 6.45) is 5.53. The first-order valence-electron chi connectivity index (χ1n) is 11.4. The van der Waals surface area contributed by atoms with Crippen LogP contribution in [0.15, 0.2) is 46.9 Å². The summed E-state index contributed by atoms with van der Waals surface area (Å²) < 4.78 is 6.81. The van der Waals surface area contributed by atoms with Crippen molar-refractivity contribution in [2.45, 2.75) is 71.5 Å². The van der Waals surface area contributed by atoms with E-state index in [4.69, 9.17) is 4.74 Å². The maximum atomic E-state index is 13.2. The van der Waals surface area contributed by atoms with Crippen molar-refractivity contribution >= 4 is 27.7 Å². The first-order chi connectivity index (χ1) is 15.3. The highest BCUT2D eigenvalue weighted by atomic mass is 79.9. The number of carbonyl (C=O) groups is 2. The number of nitrogens with one attached hydrogen (secondary N) is 1. The topological polar surface area (TPSA) is 58.6 Å². The van der Waals surface area contributed by atoms with E-state index in [0.717, 1.165) is 46.8 Å². The van der Waals surface area contributed by atoms with E-state index in [1.165, 1.54) is 6.42 Å². The second-order valence-corrected chi connectivity index (χ2v) is 9.64. The van der Waals surface area contributed by atoms with Crippen LogP contribution in [-0.2, 0) is 16.1 Å². The first-order valence-corrected chi connectivity index (χ1v) is 12.2. The van der Waals surface area contributed by atoms with E-state index in [-0.39, 0.29) is 24.5 Å². The molecule has 0 unspecified atom stereocenters. The molecule has 1 atom stereocenters. The lowest BCUT2D eigenvalue weighted by molar-refractivity contribution is -0.142. The summed E-state index contributed by atoms with van der Waals surface area (Å²) in [4.78, 5) is 27.8. The van der Waals surface area contributed by atoms with Gasteiger partial charge in [-0.2, -0.15) is 0 Å². The van der Waals surface area contributed by atoms with Crippen molar-refractivity contribution in [3.63, 3.8) is 0 Å². The van der Waals surface area contributed by atoms with Crippen LogP contribution in [0.25, 0.3) is 0 Å². The molecular formula is C26H33BrN2O3. The first kappa shape index (κ1) is 24.3. The summed E-state index contributed by atoms with van der Waals surface area (Å²) in [5.41, 5.74) is 3.09. The molecule has 6 heteroatoms. The van der Waals surface area contributed by atoms with Gasteiger partial charge in [-0.05, 0) is 62.9 Å². The molecule has 1 fully saturated rings. The number of halogens is 1. The molecule has 1 aliphatic rings. The van der Waals surface area contributed by atoms with Gasteiger partial charge in [-0.3, -0.25) is 9.59 Å². The molecule has 5 nitrogen and oxygen atoms in total. The van der Waals surface area contributed by atoms with Gasteiger partial charge in [0.2, 0.25) is 5.91 Å². The number of amides is 2. The fraction of sp³-hybridized carbons (Fsp3) is 0.462. The molecule has 0 radical (unpaired) electrons. The Kier molecular flexibility index (Phi) is 8.74. The molecule has 1 N–H and O–H groups in total. The monoisotopic (exact) mass is 500 g/mol. The third-order valence-corrected chi connectivity index (χ3v) is 6.60. The van der Waals surface area contributed by atoms with Crippen molar-refractivity contribution in [2.75, 3.05) is 6.61 Å². The minimum Gasteiger partial charge on any atom is -0.483 e. The Morgan fingerprint density at radius 2 is 1.78 bits per heavy atom. The largest absolute Gasteiger partial charge is 0.483 e. The number of hydrogen-bond acceptors (Lipinski definition) is 3. The predicted molar refractivity (Wildman–Crippen MR) is 131 cm³/mol. The van der Waals surface area contributed by atoms with Crippen LogP contribution in [0.4, 0.5) is 0 Å². The molecule has 0 aromatic heterocycles. The Hall–Kier alpha value is -2.34. The van der Waals surface area contributed by atoms with Gasteiger partial charge >= 0.3 is 0 Å². The van der Waals surface area contributed by atoms with Crippen molar-refractivity contribution in [1.29, 1.82) is 0 Å². The Bertz CT molecular complexity index is 923. The number of hydrogen-bond donors (Lipinski definition) is 1. The zero-order valence-corrected chi connectivity index (χ0v) is 20.8. The van der Waals surface area contributed by atoms with Crippen LogP contribution >= 0.6 is 15.9 Å². The summed E-state index contributed by atoms with van der Waals surface area (Å²) in [5.74, 6) is 0.375. The molecule has 0 aliphatic heterocycles. The van der Waals surface area contributed by atoms with Crippen LogP contribution in [-0.4, -0.2) is 35.4 Å². The number of aryl methyl sites for hydroxylation is 2. The highest BCUT2D eigenvalue weighted by molar-refractivity contribution is 9.10. The van der Waals surface area contributed by atoms with Crippen molar-refractivity contribution in [1.82, 2.24) is 10.2 Å². The molecule has 0 bridgehead atoms. The third kappa shape index (κ3) is 6.83. The summed E-state index contributed by atoms with van der Waals surface area (Å²) in [6, 6.07) is 13.3. The summed E-state index contributed by atoms with van der Waals surface area (Å²) in [5, 5.41) is 3.16. The van der Waals surface area contributed by atoms with Gasteiger partial charge in [-0.1, -0.05) is 65.0 Å². The molecule has 2 aromatic rings. The molecule has 1 aliphatic carbocycles. The quantitative estimate of drug-likeness (QED) is 0.534. The smallest absolute Gasteiger partial charge is 0.261 e. The second kappa shape index (κ2) is 11.5. The van der Waals surface area contributed by atoms with Crippen molar-refractivity contribution < 1.29 is 14.3 Å². The lowest BCUT2D eigenvalue weighted by Gasteiger charge is -2.31. The summed E-state index contributed by atoms with van der Waals surface area (Å²) in [6.45, 7) is 6.02. The van der Waals surface area contributed by atoms with E-state index in [9.17, 15) is 9.59 Å². The van der Waals surface area contributed by atoms with Gasteiger partial charge in [0.15, 0.2) is 6.61 Å². The normalized spacial score (nSPS) is 15.1. The fourth-order valence-corrected chi connectivity index (χ4v) is 4.39. The lowest BCUT2D eigenvalue weighted by atomic mass is 9.95. The average Bonchev–Trinajstić information content (AvgIpc) is 2.78. The Labute approximate surface area is 199 Å². The number of benzene rings is 2. The molecule has 172 valence electrons. The molecular weight excluding hydrogens is 468 g/mol. The van der Waals surface area contributed by atoms with Gasteiger partial charge in [-0.25, -0.2) is 0 Å². The molecule has 0 spiro atoms. The molecule has 1 saturated carbocycles. The lowest BCUT2D eigenvalue weighted by Crippen LogP contribution is -2.51. The zero-order valence-electron chi connectivity index (χ0n) is 19.2. The van der Waals surface area contributed by atoms with Crippen LogP contribution in [0.1, 0.15) is 55.7 Å². The Balaban J connectivity index is 1.71. The second-order valence-electron chi connectivity index (χ2n) is 8.73. The number of ether oxygens (including phenoxy) is 1. The fourth-order valence-electron chi connectivity index (χ4n) is 4.12. The maximum absolute atomic E-state index is 13.2. The number of rotatable bonds is 8. The SMILES string of the molecule is Cc1ccc(OCC(=O)N(Cc2ccc(Br)cc2)[C@@H](C)C(=O)NC2CCCCC2)c(C)c1. The molecule has 0 saturated heterocycles.